The second-order valence-electron chi connectivity index (χ2n) is 10.3. The largest absolute Gasteiger partial charge is 0.352 e. The van der Waals surface area contributed by atoms with Gasteiger partial charge >= 0.3 is 0 Å². The van der Waals surface area contributed by atoms with Crippen LogP contribution in [-0.2, 0) is 26.2 Å². The molecule has 1 aliphatic rings. The number of nitrogens with zero attached hydrogens (tertiary/aromatic N) is 2. The lowest BCUT2D eigenvalue weighted by atomic mass is 10.1. The lowest BCUT2D eigenvalue weighted by molar-refractivity contribution is -0.140. The van der Waals surface area contributed by atoms with E-state index in [1.807, 2.05) is 44.2 Å². The van der Waals surface area contributed by atoms with E-state index in [2.05, 4.69) is 5.32 Å². The Bertz CT molecular complexity index is 1460. The first-order valence-electron chi connectivity index (χ1n) is 13.8. The molecular formula is C31H35Cl2N3O4S. The van der Waals surface area contributed by atoms with Crippen molar-refractivity contribution in [2.75, 3.05) is 10.8 Å². The summed E-state index contributed by atoms with van der Waals surface area (Å²) in [5.41, 5.74) is 1.92. The smallest absolute Gasteiger partial charge is 0.264 e. The van der Waals surface area contributed by atoms with Crippen molar-refractivity contribution in [3.05, 3.63) is 94.0 Å². The molecule has 41 heavy (non-hydrogen) atoms. The number of sulfonamides is 1. The molecule has 1 aliphatic carbocycles. The van der Waals surface area contributed by atoms with E-state index in [1.165, 1.54) is 35.2 Å². The number of carbonyl (C=O) groups is 2. The molecular weight excluding hydrogens is 581 g/mol. The maximum Gasteiger partial charge on any atom is 0.264 e. The third-order valence-corrected chi connectivity index (χ3v) is 9.89. The van der Waals surface area contributed by atoms with Gasteiger partial charge < -0.3 is 10.2 Å². The predicted octanol–water partition coefficient (Wildman–Crippen LogP) is 6.36. The molecule has 1 saturated carbocycles. The van der Waals surface area contributed by atoms with Crippen molar-refractivity contribution in [2.24, 2.45) is 0 Å². The molecule has 0 aromatic heterocycles. The van der Waals surface area contributed by atoms with Crippen molar-refractivity contribution in [3.8, 4) is 0 Å². The topological polar surface area (TPSA) is 86.8 Å². The number of hydrogen-bond donors (Lipinski definition) is 1. The minimum atomic E-state index is -4.19. The van der Waals surface area contributed by atoms with Crippen LogP contribution in [0.4, 0.5) is 5.69 Å². The Balaban J connectivity index is 1.72. The van der Waals surface area contributed by atoms with Crippen LogP contribution in [0.2, 0.25) is 10.0 Å². The van der Waals surface area contributed by atoms with E-state index in [4.69, 9.17) is 23.2 Å². The molecule has 10 heteroatoms. The maximum absolute atomic E-state index is 14.1. The highest BCUT2D eigenvalue weighted by Gasteiger charge is 2.34. The number of halogens is 2. The average molecular weight is 617 g/mol. The fraction of sp³-hybridized carbons (Fsp3) is 0.355. The highest BCUT2D eigenvalue weighted by Crippen LogP contribution is 2.31. The molecule has 2 amide bonds. The maximum atomic E-state index is 14.1. The Hall–Kier alpha value is -3.07. The molecule has 0 radical (unpaired) electrons. The molecule has 0 spiro atoms. The van der Waals surface area contributed by atoms with Crippen LogP contribution in [0.1, 0.15) is 50.2 Å². The summed E-state index contributed by atoms with van der Waals surface area (Å²) < 4.78 is 28.9. The molecule has 1 N–H and O–H groups in total. The summed E-state index contributed by atoms with van der Waals surface area (Å²) in [4.78, 5) is 29.1. The van der Waals surface area contributed by atoms with Gasteiger partial charge in [0.1, 0.15) is 12.6 Å². The van der Waals surface area contributed by atoms with Crippen molar-refractivity contribution < 1.29 is 18.0 Å². The van der Waals surface area contributed by atoms with Gasteiger partial charge in [-0.15, -0.1) is 0 Å². The van der Waals surface area contributed by atoms with Crippen LogP contribution in [-0.4, -0.2) is 43.8 Å². The fourth-order valence-corrected chi connectivity index (χ4v) is 6.77. The third kappa shape index (κ3) is 7.61. The highest BCUT2D eigenvalue weighted by atomic mass is 35.5. The molecule has 7 nitrogen and oxygen atoms in total. The van der Waals surface area contributed by atoms with Gasteiger partial charge in [0, 0.05) is 12.6 Å². The molecule has 4 rings (SSSR count). The zero-order valence-corrected chi connectivity index (χ0v) is 25.6. The Morgan fingerprint density at radius 1 is 0.951 bits per heavy atom. The Kier molecular flexibility index (Phi) is 10.3. The predicted molar refractivity (Wildman–Crippen MR) is 164 cm³/mol. The van der Waals surface area contributed by atoms with Crippen LogP contribution in [0.15, 0.2) is 77.7 Å². The number of hydrogen-bond acceptors (Lipinski definition) is 4. The molecule has 3 aromatic carbocycles. The van der Waals surface area contributed by atoms with Gasteiger partial charge in [0.05, 0.1) is 20.6 Å². The summed E-state index contributed by atoms with van der Waals surface area (Å²) in [7, 11) is -4.19. The number of anilines is 1. The van der Waals surface area contributed by atoms with Crippen LogP contribution < -0.4 is 9.62 Å². The summed E-state index contributed by atoms with van der Waals surface area (Å²) in [5, 5.41) is 3.53. The molecule has 0 bridgehead atoms. The van der Waals surface area contributed by atoms with Gasteiger partial charge in [-0.3, -0.25) is 13.9 Å². The Labute approximate surface area is 252 Å². The SMILES string of the molecule is CC[C@H](C(=O)NC1CCCC1)N(Cc1ccccc1)C(=O)CN(c1ccc(Cl)c(Cl)c1)S(=O)(=O)c1ccc(C)cc1. The minimum Gasteiger partial charge on any atom is -0.352 e. The van der Waals surface area contributed by atoms with Crippen LogP contribution in [0.25, 0.3) is 0 Å². The number of benzene rings is 3. The van der Waals surface area contributed by atoms with E-state index in [1.54, 1.807) is 12.1 Å². The first-order chi connectivity index (χ1) is 19.6. The minimum absolute atomic E-state index is 0.0302. The number of nitrogens with one attached hydrogen (secondary N) is 1. The van der Waals surface area contributed by atoms with E-state index in [0.29, 0.717) is 6.42 Å². The van der Waals surface area contributed by atoms with Crippen LogP contribution in [0.5, 0.6) is 0 Å². The number of amides is 2. The molecule has 0 heterocycles. The van der Waals surface area contributed by atoms with Crippen molar-refractivity contribution in [1.29, 1.82) is 0 Å². The second-order valence-corrected chi connectivity index (χ2v) is 13.0. The second kappa shape index (κ2) is 13.7. The lowest BCUT2D eigenvalue weighted by Crippen LogP contribution is -2.53. The van der Waals surface area contributed by atoms with Gasteiger partial charge in [-0.2, -0.15) is 0 Å². The summed E-state index contributed by atoms with van der Waals surface area (Å²) in [6.45, 7) is 3.33. The van der Waals surface area contributed by atoms with Crippen molar-refractivity contribution in [3.63, 3.8) is 0 Å². The number of aryl methyl sites for hydroxylation is 1. The van der Waals surface area contributed by atoms with Crippen LogP contribution in [0.3, 0.4) is 0 Å². The van der Waals surface area contributed by atoms with Crippen LogP contribution >= 0.6 is 23.2 Å². The first kappa shape index (κ1) is 30.9. The molecule has 0 unspecified atom stereocenters. The normalized spacial score (nSPS) is 14.4. The Morgan fingerprint density at radius 2 is 1.61 bits per heavy atom. The van der Waals surface area contributed by atoms with Gasteiger partial charge in [0.25, 0.3) is 10.0 Å². The van der Waals surface area contributed by atoms with E-state index in [9.17, 15) is 18.0 Å². The van der Waals surface area contributed by atoms with E-state index < -0.39 is 28.5 Å². The molecule has 3 aromatic rings. The van der Waals surface area contributed by atoms with Gasteiger partial charge in [0.2, 0.25) is 11.8 Å². The molecule has 1 atom stereocenters. The standard InChI is InChI=1S/C31H35Cl2N3O4S/c1-3-29(31(38)34-24-11-7-8-12-24)35(20-23-9-5-4-6-10-23)30(37)21-36(25-15-18-27(32)28(33)19-25)41(39,40)26-16-13-22(2)14-17-26/h4-6,9-10,13-19,24,29H,3,7-8,11-12,20-21H2,1-2H3,(H,34,38)/t29-/m1/s1. The number of carbonyl (C=O) groups excluding carboxylic acids is 2. The highest BCUT2D eigenvalue weighted by molar-refractivity contribution is 7.92. The summed E-state index contributed by atoms with van der Waals surface area (Å²) in [6, 6.07) is 19.5. The zero-order valence-electron chi connectivity index (χ0n) is 23.2. The monoisotopic (exact) mass is 615 g/mol. The summed E-state index contributed by atoms with van der Waals surface area (Å²) >= 11 is 12.4. The molecule has 0 aliphatic heterocycles. The summed E-state index contributed by atoms with van der Waals surface area (Å²) in [6.07, 6.45) is 4.31. The van der Waals surface area contributed by atoms with E-state index in [0.717, 1.165) is 41.1 Å². The van der Waals surface area contributed by atoms with Gasteiger partial charge in [-0.1, -0.05) is 91.0 Å². The molecule has 0 saturated heterocycles. The van der Waals surface area contributed by atoms with Crippen molar-refractivity contribution in [2.45, 2.75) is 69.5 Å². The average Bonchev–Trinajstić information content (AvgIpc) is 3.47. The van der Waals surface area contributed by atoms with Gasteiger partial charge in [-0.05, 0) is 62.1 Å². The van der Waals surface area contributed by atoms with Gasteiger partial charge in [-0.25, -0.2) is 8.42 Å². The fourth-order valence-electron chi connectivity index (χ4n) is 5.07. The number of rotatable bonds is 11. The quantitative estimate of drug-likeness (QED) is 0.272. The van der Waals surface area contributed by atoms with Crippen LogP contribution in [0, 0.1) is 6.92 Å². The molecule has 218 valence electrons. The first-order valence-corrected chi connectivity index (χ1v) is 16.0. The van der Waals surface area contributed by atoms with E-state index >= 15 is 0 Å². The van der Waals surface area contributed by atoms with Crippen molar-refractivity contribution >= 4 is 50.7 Å². The summed E-state index contributed by atoms with van der Waals surface area (Å²) in [5.74, 6) is -0.741. The lowest BCUT2D eigenvalue weighted by Gasteiger charge is -2.33. The third-order valence-electron chi connectivity index (χ3n) is 7.36. The zero-order chi connectivity index (χ0) is 29.6. The molecule has 1 fully saturated rings. The van der Waals surface area contributed by atoms with E-state index in [-0.39, 0.29) is 39.1 Å². The Morgan fingerprint density at radius 3 is 2.22 bits per heavy atom. The van der Waals surface area contributed by atoms with Gasteiger partial charge in [0.15, 0.2) is 0 Å². The van der Waals surface area contributed by atoms with Crippen molar-refractivity contribution in [1.82, 2.24) is 10.2 Å².